The van der Waals surface area contributed by atoms with Crippen molar-refractivity contribution >= 4 is 29.3 Å². The highest BCUT2D eigenvalue weighted by atomic mass is 35.5. The summed E-state index contributed by atoms with van der Waals surface area (Å²) in [5.74, 6) is 0.808. The zero-order valence-corrected chi connectivity index (χ0v) is 14.1. The first-order valence-electron chi connectivity index (χ1n) is 7.37. The molecule has 1 aliphatic rings. The molecule has 0 aromatic heterocycles. The summed E-state index contributed by atoms with van der Waals surface area (Å²) in [4.78, 5) is 12.5. The second-order valence-corrected chi connectivity index (χ2v) is 5.81. The van der Waals surface area contributed by atoms with Gasteiger partial charge in [0, 0.05) is 27.9 Å². The van der Waals surface area contributed by atoms with Gasteiger partial charge in [0.2, 0.25) is 0 Å². The van der Waals surface area contributed by atoms with Gasteiger partial charge in [0.1, 0.15) is 0 Å². The quantitative estimate of drug-likeness (QED) is 0.888. The fourth-order valence-electron chi connectivity index (χ4n) is 2.43. The Balaban J connectivity index is 1.93. The van der Waals surface area contributed by atoms with Crippen molar-refractivity contribution in [2.24, 2.45) is 0 Å². The van der Waals surface area contributed by atoms with Crippen LogP contribution in [0.4, 0.5) is 5.69 Å². The lowest BCUT2D eigenvalue weighted by Crippen LogP contribution is -2.13. The Kier molecular flexibility index (Phi) is 4.58. The van der Waals surface area contributed by atoms with Crippen LogP contribution in [0.1, 0.15) is 11.1 Å². The summed E-state index contributed by atoms with van der Waals surface area (Å²) in [6.45, 7) is 1.97. The number of hydrogen-bond donors (Lipinski definition) is 1. The molecule has 0 unspecified atom stereocenters. The molecule has 3 rings (SSSR count). The number of benzene rings is 2. The first-order valence-corrected chi connectivity index (χ1v) is 7.75. The molecular formula is C19H16ClNO3. The number of carbonyl (C=O) groups excluding carboxylic acids is 1. The van der Waals surface area contributed by atoms with Crippen LogP contribution >= 0.6 is 11.6 Å². The lowest BCUT2D eigenvalue weighted by Gasteiger charge is -2.10. The number of nitrogens with one attached hydrogen (secondary N) is 1. The lowest BCUT2D eigenvalue weighted by atomic mass is 10.1. The first kappa shape index (κ1) is 16.1. The number of hydrogen-bond acceptors (Lipinski definition) is 3. The fraction of sp³-hybridized carbons (Fsp3) is 0.105. The van der Waals surface area contributed by atoms with Crippen LogP contribution < -0.4 is 14.8 Å². The Labute approximate surface area is 145 Å². The van der Waals surface area contributed by atoms with E-state index in [1.54, 1.807) is 31.4 Å². The molecule has 0 radical (unpaired) electrons. The molecule has 0 saturated heterocycles. The maximum absolute atomic E-state index is 12.5. The highest BCUT2D eigenvalue weighted by molar-refractivity contribution is 6.31. The maximum atomic E-state index is 12.5. The number of anilines is 1. The third-order valence-corrected chi connectivity index (χ3v) is 3.77. The van der Waals surface area contributed by atoms with E-state index in [0.29, 0.717) is 27.7 Å². The van der Waals surface area contributed by atoms with E-state index in [-0.39, 0.29) is 5.91 Å². The smallest absolute Gasteiger partial charge is 0.255 e. The fourth-order valence-corrected chi connectivity index (χ4v) is 2.65. The molecule has 0 aliphatic carbocycles. The van der Waals surface area contributed by atoms with E-state index in [0.717, 1.165) is 11.3 Å². The van der Waals surface area contributed by atoms with Crippen LogP contribution in [0.3, 0.4) is 0 Å². The van der Waals surface area contributed by atoms with Gasteiger partial charge in [0.05, 0.1) is 13.4 Å². The van der Waals surface area contributed by atoms with Gasteiger partial charge in [-0.25, -0.2) is 0 Å². The Morgan fingerprint density at radius 1 is 1.25 bits per heavy atom. The predicted molar refractivity (Wildman–Crippen MR) is 95.6 cm³/mol. The summed E-state index contributed by atoms with van der Waals surface area (Å²) >= 11 is 6.10. The minimum atomic E-state index is -0.229. The van der Waals surface area contributed by atoms with E-state index in [2.05, 4.69) is 5.32 Å². The largest absolute Gasteiger partial charge is 0.493 e. The third-order valence-electron chi connectivity index (χ3n) is 3.55. The molecule has 0 atom stereocenters. The second kappa shape index (κ2) is 6.81. The van der Waals surface area contributed by atoms with Crippen LogP contribution in [0.2, 0.25) is 5.02 Å². The second-order valence-electron chi connectivity index (χ2n) is 5.37. The summed E-state index contributed by atoms with van der Waals surface area (Å²) in [6.07, 6.45) is 4.79. The zero-order chi connectivity index (χ0) is 17.1. The molecule has 0 fully saturated rings. The summed E-state index contributed by atoms with van der Waals surface area (Å²) in [6, 6.07) is 11.0. The standard InChI is InChI=1S/C19H16ClNO3/c1-12-4-3-5-16(8-12)21-19(22)13-6-7-24-18-14(9-13)10-15(20)11-17(18)23-2/h3-11H,1-2H3,(H,21,22). The van der Waals surface area contributed by atoms with Crippen LogP contribution in [0.15, 0.2) is 54.3 Å². The van der Waals surface area contributed by atoms with E-state index in [1.807, 2.05) is 31.2 Å². The number of ether oxygens (including phenoxy) is 2. The van der Waals surface area contributed by atoms with Gasteiger partial charge in [-0.3, -0.25) is 4.79 Å². The minimum absolute atomic E-state index is 0.229. The van der Waals surface area contributed by atoms with Gasteiger partial charge in [-0.05, 0) is 42.8 Å². The Bertz CT molecular complexity index is 856. The molecule has 1 aliphatic heterocycles. The lowest BCUT2D eigenvalue weighted by molar-refractivity contribution is -0.112. The van der Waals surface area contributed by atoms with Crippen LogP contribution in [0.5, 0.6) is 11.5 Å². The van der Waals surface area contributed by atoms with Crippen LogP contribution in [0, 0.1) is 6.92 Å². The monoisotopic (exact) mass is 341 g/mol. The average molecular weight is 342 g/mol. The molecule has 4 nitrogen and oxygen atoms in total. The summed E-state index contributed by atoms with van der Waals surface area (Å²) in [7, 11) is 1.54. The van der Waals surface area contributed by atoms with Crippen molar-refractivity contribution in [3.8, 4) is 11.5 Å². The SMILES string of the molecule is COc1cc(Cl)cc2c1OC=CC(C(=O)Nc1cccc(C)c1)=C2. The van der Waals surface area contributed by atoms with Crippen molar-refractivity contribution in [2.45, 2.75) is 6.92 Å². The van der Waals surface area contributed by atoms with Crippen LogP contribution in [-0.4, -0.2) is 13.0 Å². The van der Waals surface area contributed by atoms with Gasteiger partial charge in [-0.2, -0.15) is 0 Å². The predicted octanol–water partition coefficient (Wildman–Crippen LogP) is 4.59. The number of rotatable bonds is 3. The maximum Gasteiger partial charge on any atom is 0.255 e. The summed E-state index contributed by atoms with van der Waals surface area (Å²) in [5.41, 5.74) is 2.95. The number of amides is 1. The molecule has 1 N–H and O–H groups in total. The molecule has 0 spiro atoms. The average Bonchev–Trinajstić information content (AvgIpc) is 2.76. The number of carbonyl (C=O) groups is 1. The van der Waals surface area contributed by atoms with Gasteiger partial charge in [-0.15, -0.1) is 0 Å². The summed E-state index contributed by atoms with van der Waals surface area (Å²) < 4.78 is 10.9. The van der Waals surface area contributed by atoms with Crippen molar-refractivity contribution in [3.05, 3.63) is 70.5 Å². The molecule has 1 heterocycles. The molecule has 2 aromatic rings. The first-order chi connectivity index (χ1) is 11.6. The van der Waals surface area contributed by atoms with Crippen molar-refractivity contribution in [3.63, 3.8) is 0 Å². The molecule has 1 amide bonds. The highest BCUT2D eigenvalue weighted by Gasteiger charge is 2.16. The van der Waals surface area contributed by atoms with Crippen LogP contribution in [-0.2, 0) is 4.79 Å². The number of fused-ring (bicyclic) bond motifs is 1. The number of aryl methyl sites for hydroxylation is 1. The third kappa shape index (κ3) is 3.44. The van der Waals surface area contributed by atoms with E-state index >= 15 is 0 Å². The Morgan fingerprint density at radius 2 is 2.08 bits per heavy atom. The van der Waals surface area contributed by atoms with Gasteiger partial charge in [0.15, 0.2) is 11.5 Å². The molecule has 0 bridgehead atoms. The van der Waals surface area contributed by atoms with E-state index in [1.165, 1.54) is 6.26 Å². The molecule has 0 saturated carbocycles. The number of methoxy groups -OCH3 is 1. The molecule has 2 aromatic carbocycles. The van der Waals surface area contributed by atoms with Crippen molar-refractivity contribution in [1.82, 2.24) is 0 Å². The van der Waals surface area contributed by atoms with Crippen molar-refractivity contribution in [1.29, 1.82) is 0 Å². The van der Waals surface area contributed by atoms with Crippen molar-refractivity contribution < 1.29 is 14.3 Å². The van der Waals surface area contributed by atoms with Gasteiger partial charge in [0.25, 0.3) is 5.91 Å². The van der Waals surface area contributed by atoms with E-state index in [4.69, 9.17) is 21.1 Å². The van der Waals surface area contributed by atoms with E-state index < -0.39 is 0 Å². The highest BCUT2D eigenvalue weighted by Crippen LogP contribution is 2.37. The topological polar surface area (TPSA) is 47.6 Å². The molecule has 5 heteroatoms. The van der Waals surface area contributed by atoms with Crippen molar-refractivity contribution in [2.75, 3.05) is 12.4 Å². The molecule has 122 valence electrons. The normalized spacial score (nSPS) is 12.5. The Morgan fingerprint density at radius 3 is 2.83 bits per heavy atom. The van der Waals surface area contributed by atoms with Gasteiger partial charge in [-0.1, -0.05) is 23.7 Å². The van der Waals surface area contributed by atoms with Gasteiger partial charge >= 0.3 is 0 Å². The molecule has 24 heavy (non-hydrogen) atoms. The number of halogens is 1. The molecular weight excluding hydrogens is 326 g/mol. The summed E-state index contributed by atoms with van der Waals surface area (Å²) in [5, 5.41) is 3.38. The zero-order valence-electron chi connectivity index (χ0n) is 13.3. The Hall–Kier alpha value is -2.72. The van der Waals surface area contributed by atoms with Gasteiger partial charge < -0.3 is 14.8 Å². The van der Waals surface area contributed by atoms with Crippen LogP contribution in [0.25, 0.3) is 6.08 Å². The minimum Gasteiger partial charge on any atom is -0.493 e. The van der Waals surface area contributed by atoms with E-state index in [9.17, 15) is 4.79 Å².